The lowest BCUT2D eigenvalue weighted by atomic mass is 9.95. The van der Waals surface area contributed by atoms with Crippen LogP contribution in [0.5, 0.6) is 0 Å². The SMILES string of the molecule is CN1CCN(CCn2cc3c(n2)CCc2c-3sc3ncnc(Nc4ccc(Br)c(Cl)c4)c23)CC1. The highest BCUT2D eigenvalue weighted by Gasteiger charge is 2.26. The fraction of sp³-hybridized carbons (Fsp3) is 0.375. The van der Waals surface area contributed by atoms with Gasteiger partial charge in [-0.2, -0.15) is 5.10 Å². The van der Waals surface area contributed by atoms with Crippen LogP contribution in [0.4, 0.5) is 11.5 Å². The van der Waals surface area contributed by atoms with Gasteiger partial charge in [0.15, 0.2) is 0 Å². The molecule has 0 saturated carbocycles. The van der Waals surface area contributed by atoms with Gasteiger partial charge in [0.05, 0.1) is 22.6 Å². The molecule has 0 radical (unpaired) electrons. The first-order valence-corrected chi connectivity index (χ1v) is 13.5. The molecule has 6 rings (SSSR count). The Labute approximate surface area is 215 Å². The minimum absolute atomic E-state index is 0.663. The minimum Gasteiger partial charge on any atom is -0.340 e. The normalized spacial score (nSPS) is 16.6. The monoisotopic (exact) mass is 557 g/mol. The number of thiophene rings is 1. The summed E-state index contributed by atoms with van der Waals surface area (Å²) in [6, 6.07) is 5.83. The van der Waals surface area contributed by atoms with Crippen LogP contribution in [0.1, 0.15) is 11.3 Å². The number of likely N-dealkylation sites (N-methyl/N-ethyl adjacent to an activating group) is 1. The maximum Gasteiger partial charge on any atom is 0.142 e. The zero-order valence-electron chi connectivity index (χ0n) is 18.9. The molecule has 0 amide bonds. The number of benzene rings is 1. The summed E-state index contributed by atoms with van der Waals surface area (Å²) in [5.74, 6) is 0.826. The Balaban J connectivity index is 1.28. The average molecular weight is 559 g/mol. The molecule has 1 aliphatic heterocycles. The number of halogens is 2. The smallest absolute Gasteiger partial charge is 0.142 e. The van der Waals surface area contributed by atoms with E-state index < -0.39 is 0 Å². The second-order valence-corrected chi connectivity index (χ2v) is 11.2. The molecule has 1 N–H and O–H groups in total. The first-order valence-electron chi connectivity index (χ1n) is 11.5. The maximum absolute atomic E-state index is 6.30. The fourth-order valence-corrected chi connectivity index (χ4v) is 6.41. The van der Waals surface area contributed by atoms with Gasteiger partial charge < -0.3 is 10.2 Å². The van der Waals surface area contributed by atoms with Crippen LogP contribution in [-0.2, 0) is 19.4 Å². The standard InChI is InChI=1S/C24H25BrClN7S/c1-31-6-8-32(9-7-31)10-11-33-13-17-20(30-33)5-3-16-21-23(27-14-28-24(21)34-22(16)17)29-15-2-4-18(25)19(26)12-15/h2,4,12-14H,3,5-11H2,1H3,(H,27,28,29). The third-order valence-electron chi connectivity index (χ3n) is 6.71. The number of nitrogens with one attached hydrogen (secondary N) is 1. The van der Waals surface area contributed by atoms with Crippen molar-refractivity contribution in [3.05, 3.63) is 51.5 Å². The summed E-state index contributed by atoms with van der Waals surface area (Å²) >= 11 is 11.5. The molecule has 4 aromatic rings. The summed E-state index contributed by atoms with van der Waals surface area (Å²) in [6.07, 6.45) is 5.75. The van der Waals surface area contributed by atoms with Gasteiger partial charge in [-0.1, -0.05) is 11.6 Å². The first kappa shape index (κ1) is 22.4. The fourth-order valence-electron chi connectivity index (χ4n) is 4.76. The van der Waals surface area contributed by atoms with Crippen LogP contribution < -0.4 is 5.32 Å². The van der Waals surface area contributed by atoms with Gasteiger partial charge in [0.25, 0.3) is 0 Å². The van der Waals surface area contributed by atoms with Crippen LogP contribution in [0.2, 0.25) is 5.02 Å². The number of aryl methyl sites for hydroxylation is 2. The van der Waals surface area contributed by atoms with Gasteiger partial charge in [-0.05, 0) is 59.6 Å². The van der Waals surface area contributed by atoms with E-state index in [-0.39, 0.29) is 0 Å². The van der Waals surface area contributed by atoms with Crippen LogP contribution in [-0.4, -0.2) is 69.3 Å². The molecule has 0 atom stereocenters. The van der Waals surface area contributed by atoms with E-state index in [1.807, 2.05) is 18.2 Å². The molecular formula is C24H25BrClN7S. The molecule has 7 nitrogen and oxygen atoms in total. The topological polar surface area (TPSA) is 62.1 Å². The third-order valence-corrected chi connectivity index (χ3v) is 9.11. The molecule has 1 fully saturated rings. The molecule has 0 bridgehead atoms. The molecular weight excluding hydrogens is 534 g/mol. The molecule has 0 spiro atoms. The largest absolute Gasteiger partial charge is 0.340 e. The van der Waals surface area contributed by atoms with Crippen molar-refractivity contribution in [3.63, 3.8) is 0 Å². The van der Waals surface area contributed by atoms with E-state index in [9.17, 15) is 0 Å². The van der Waals surface area contributed by atoms with Gasteiger partial charge in [-0.3, -0.25) is 9.58 Å². The minimum atomic E-state index is 0.663. The van der Waals surface area contributed by atoms with Crippen LogP contribution in [0, 0.1) is 0 Å². The van der Waals surface area contributed by atoms with E-state index >= 15 is 0 Å². The first-order chi connectivity index (χ1) is 16.5. The lowest BCUT2D eigenvalue weighted by Crippen LogP contribution is -2.45. The van der Waals surface area contributed by atoms with Gasteiger partial charge in [0.2, 0.25) is 0 Å². The lowest BCUT2D eigenvalue weighted by molar-refractivity contribution is 0.148. The van der Waals surface area contributed by atoms with E-state index in [4.69, 9.17) is 16.7 Å². The summed E-state index contributed by atoms with van der Waals surface area (Å²) in [4.78, 5) is 16.4. The van der Waals surface area contributed by atoms with Crippen LogP contribution >= 0.6 is 38.9 Å². The van der Waals surface area contributed by atoms with Crippen molar-refractivity contribution in [1.29, 1.82) is 0 Å². The van der Waals surface area contributed by atoms with Crippen LogP contribution in [0.3, 0.4) is 0 Å². The Bertz CT molecular complexity index is 1360. The third kappa shape index (κ3) is 4.24. The molecule has 4 heterocycles. The number of nitrogens with zero attached hydrogens (tertiary/aromatic N) is 6. The number of aromatic nitrogens is 4. The predicted molar refractivity (Wildman–Crippen MR) is 142 cm³/mol. The molecule has 1 saturated heterocycles. The second kappa shape index (κ2) is 9.20. The summed E-state index contributed by atoms with van der Waals surface area (Å²) < 4.78 is 3.01. The van der Waals surface area contributed by atoms with Crippen LogP contribution in [0.15, 0.2) is 35.2 Å². The number of hydrogen-bond donors (Lipinski definition) is 1. The van der Waals surface area contributed by atoms with Crippen molar-refractivity contribution in [3.8, 4) is 10.4 Å². The summed E-state index contributed by atoms with van der Waals surface area (Å²) in [7, 11) is 2.20. The average Bonchev–Trinajstić information content (AvgIpc) is 3.42. The van der Waals surface area contributed by atoms with Crippen LogP contribution in [0.25, 0.3) is 20.7 Å². The Morgan fingerprint density at radius 2 is 1.97 bits per heavy atom. The lowest BCUT2D eigenvalue weighted by Gasteiger charge is -2.32. The summed E-state index contributed by atoms with van der Waals surface area (Å²) in [5, 5.41) is 10.2. The van der Waals surface area contributed by atoms with Crippen molar-refractivity contribution in [1.82, 2.24) is 29.5 Å². The Hall–Kier alpha value is -2.04. The zero-order valence-corrected chi connectivity index (χ0v) is 22.0. The van der Waals surface area contributed by atoms with E-state index in [2.05, 4.69) is 58.9 Å². The van der Waals surface area contributed by atoms with Gasteiger partial charge in [0, 0.05) is 59.5 Å². The van der Waals surface area contributed by atoms with Gasteiger partial charge in [-0.15, -0.1) is 11.3 Å². The van der Waals surface area contributed by atoms with Crippen molar-refractivity contribution >= 4 is 60.6 Å². The van der Waals surface area contributed by atoms with Crippen molar-refractivity contribution in [2.24, 2.45) is 0 Å². The molecule has 176 valence electrons. The molecule has 1 aliphatic carbocycles. The maximum atomic E-state index is 6.30. The van der Waals surface area contributed by atoms with Crippen molar-refractivity contribution in [2.75, 3.05) is 45.1 Å². The molecule has 0 unspecified atom stereocenters. The highest BCUT2D eigenvalue weighted by Crippen LogP contribution is 2.45. The predicted octanol–water partition coefficient (Wildman–Crippen LogP) is 5.06. The molecule has 2 aliphatic rings. The van der Waals surface area contributed by atoms with E-state index in [1.165, 1.54) is 21.7 Å². The van der Waals surface area contributed by atoms with Gasteiger partial charge >= 0.3 is 0 Å². The van der Waals surface area contributed by atoms with Gasteiger partial charge in [-0.25, -0.2) is 9.97 Å². The number of hydrogen-bond acceptors (Lipinski definition) is 7. The number of piperazine rings is 1. The zero-order chi connectivity index (χ0) is 23.2. The Morgan fingerprint density at radius 1 is 1.12 bits per heavy atom. The van der Waals surface area contributed by atoms with Gasteiger partial charge in [0.1, 0.15) is 17.0 Å². The summed E-state index contributed by atoms with van der Waals surface area (Å²) in [5.41, 5.74) is 4.67. The Kier molecular flexibility index (Phi) is 6.07. The Morgan fingerprint density at radius 3 is 2.79 bits per heavy atom. The summed E-state index contributed by atoms with van der Waals surface area (Å²) in [6.45, 7) is 6.53. The highest BCUT2D eigenvalue weighted by atomic mass is 79.9. The molecule has 3 aromatic heterocycles. The highest BCUT2D eigenvalue weighted by molar-refractivity contribution is 9.10. The number of anilines is 2. The van der Waals surface area contributed by atoms with Crippen molar-refractivity contribution < 1.29 is 0 Å². The van der Waals surface area contributed by atoms with Crippen molar-refractivity contribution in [2.45, 2.75) is 19.4 Å². The van der Waals surface area contributed by atoms with E-state index in [0.29, 0.717) is 5.02 Å². The molecule has 34 heavy (non-hydrogen) atoms. The second-order valence-electron chi connectivity index (χ2n) is 8.96. The quantitative estimate of drug-likeness (QED) is 0.369. The molecule has 1 aromatic carbocycles. The van der Waals surface area contributed by atoms with E-state index in [0.717, 1.165) is 78.3 Å². The molecule has 10 heteroatoms. The van der Waals surface area contributed by atoms with E-state index in [1.54, 1.807) is 17.7 Å². The number of rotatable bonds is 5. The number of fused-ring (bicyclic) bond motifs is 5.